The molecule has 0 aliphatic carbocycles. The van der Waals surface area contributed by atoms with E-state index in [1.807, 2.05) is 19.1 Å². The molecule has 0 bridgehead atoms. The highest BCUT2D eigenvalue weighted by atomic mass is 16.4. The summed E-state index contributed by atoms with van der Waals surface area (Å²) in [5.74, 6) is -15.5. The van der Waals surface area contributed by atoms with Gasteiger partial charge in [-0.25, -0.2) is 4.98 Å². The van der Waals surface area contributed by atoms with Crippen LogP contribution in [0, 0.1) is 18.8 Å². The zero-order chi connectivity index (χ0) is 65.9. The van der Waals surface area contributed by atoms with E-state index in [2.05, 4.69) is 63.1 Å². The second-order valence-corrected chi connectivity index (χ2v) is 22.0. The number of amides is 12. The van der Waals surface area contributed by atoms with Crippen LogP contribution in [0.2, 0.25) is 0 Å². The number of aromatic nitrogens is 2. The number of carboxylic acids is 2. The normalized spacial score (nSPS) is 15.5. The first-order valence-corrected chi connectivity index (χ1v) is 29.0. The van der Waals surface area contributed by atoms with Crippen LogP contribution in [0.1, 0.15) is 123 Å². The minimum atomic E-state index is -1.58. The van der Waals surface area contributed by atoms with Crippen LogP contribution in [-0.4, -0.2) is 188 Å². The Hall–Kier alpha value is -9.32. The van der Waals surface area contributed by atoms with E-state index in [1.54, 1.807) is 53.7 Å². The van der Waals surface area contributed by atoms with Crippen molar-refractivity contribution in [3.05, 3.63) is 53.6 Å². The van der Waals surface area contributed by atoms with Gasteiger partial charge in [0.15, 0.2) is 0 Å². The molecule has 31 heteroatoms. The number of H-pyrrole nitrogens is 1. The summed E-state index contributed by atoms with van der Waals surface area (Å²) < 4.78 is 0. The summed E-state index contributed by atoms with van der Waals surface area (Å²) >= 11 is 0. The summed E-state index contributed by atoms with van der Waals surface area (Å²) in [5, 5.41) is 43.1. The maximum absolute atomic E-state index is 14.3. The monoisotopic (exact) mass is 1240 g/mol. The number of nitrogens with one attached hydrogen (secondary N) is 11. The number of primary amides is 1. The van der Waals surface area contributed by atoms with Crippen LogP contribution in [0.5, 0.6) is 0 Å². The fourth-order valence-electron chi connectivity index (χ4n) is 9.25. The molecule has 15 N–H and O–H groups in total. The summed E-state index contributed by atoms with van der Waals surface area (Å²) in [6, 6.07) is -4.76. The summed E-state index contributed by atoms with van der Waals surface area (Å²) in [7, 11) is 0. The lowest BCUT2D eigenvalue weighted by molar-refractivity contribution is -0.144. The number of carbonyl (C=O) groups excluding carboxylic acids is 13. The van der Waals surface area contributed by atoms with Gasteiger partial charge in [-0.05, 0) is 62.8 Å². The van der Waals surface area contributed by atoms with Crippen LogP contribution >= 0.6 is 0 Å². The fraction of sp³-hybridized carbons (Fsp3) is 0.579. The number of nitrogens with two attached hydrogens (primary N) is 1. The zero-order valence-electron chi connectivity index (χ0n) is 50.7. The second kappa shape index (κ2) is 36.0. The molecule has 9 atom stereocenters. The molecule has 1 saturated heterocycles. The summed E-state index contributed by atoms with van der Waals surface area (Å²) in [5.41, 5.74) is 7.49. The van der Waals surface area contributed by atoms with Crippen molar-refractivity contribution in [1.29, 1.82) is 0 Å². The van der Waals surface area contributed by atoms with Crippen molar-refractivity contribution in [2.75, 3.05) is 19.6 Å². The van der Waals surface area contributed by atoms with Gasteiger partial charge in [0.1, 0.15) is 48.3 Å². The highest BCUT2D eigenvalue weighted by Crippen LogP contribution is 2.22. The molecule has 0 unspecified atom stereocenters. The van der Waals surface area contributed by atoms with Crippen molar-refractivity contribution in [3.8, 4) is 0 Å². The Kier molecular flexibility index (Phi) is 29.8. The van der Waals surface area contributed by atoms with E-state index >= 15 is 0 Å². The van der Waals surface area contributed by atoms with Crippen molar-refractivity contribution < 1.29 is 82.1 Å². The number of aromatic amines is 1. The van der Waals surface area contributed by atoms with E-state index < -0.39 is 187 Å². The van der Waals surface area contributed by atoms with Gasteiger partial charge in [-0.2, -0.15) is 0 Å². The Bertz CT molecular complexity index is 2830. The molecule has 1 aliphatic heterocycles. The lowest BCUT2D eigenvalue weighted by Gasteiger charge is -2.33. The van der Waals surface area contributed by atoms with Crippen LogP contribution in [0.3, 0.4) is 0 Å². The van der Waals surface area contributed by atoms with Crippen molar-refractivity contribution in [1.82, 2.24) is 68.0 Å². The largest absolute Gasteiger partial charge is 0.481 e. The van der Waals surface area contributed by atoms with E-state index in [0.717, 1.165) is 12.5 Å². The van der Waals surface area contributed by atoms with Crippen LogP contribution in [0.4, 0.5) is 0 Å². The van der Waals surface area contributed by atoms with Gasteiger partial charge in [-0.3, -0.25) is 71.9 Å². The minimum absolute atomic E-state index is 0.00734. The second-order valence-electron chi connectivity index (χ2n) is 22.0. The Morgan fingerprint density at radius 2 is 1.16 bits per heavy atom. The average molecular weight is 1240 g/mol. The maximum Gasteiger partial charge on any atom is 0.303 e. The highest BCUT2D eigenvalue weighted by molar-refractivity contribution is 6.38. The number of rotatable bonds is 37. The molecular weight excluding hydrogens is 1150 g/mol. The molecule has 1 aromatic carbocycles. The summed E-state index contributed by atoms with van der Waals surface area (Å²) in [4.78, 5) is 204. The van der Waals surface area contributed by atoms with Crippen LogP contribution in [-0.2, 0) is 84.8 Å². The topological polar surface area (TPSA) is 475 Å². The number of carboxylic acid groups (broad SMARTS) is 2. The number of imidazole rings is 1. The number of ketones is 1. The molecule has 31 nitrogen and oxygen atoms in total. The van der Waals surface area contributed by atoms with Crippen LogP contribution in [0.25, 0.3) is 0 Å². The number of Topliss-reactive ketones (excluding diaryl/α,β-unsaturated/α-hetero) is 1. The van der Waals surface area contributed by atoms with Crippen LogP contribution in [0.15, 0.2) is 36.8 Å². The van der Waals surface area contributed by atoms with Crippen LogP contribution < -0.4 is 58.9 Å². The Morgan fingerprint density at radius 1 is 0.625 bits per heavy atom. The Labute approximate surface area is 508 Å². The predicted molar refractivity (Wildman–Crippen MR) is 312 cm³/mol. The number of hydrogen-bond acceptors (Lipinski definition) is 16. The molecule has 1 fully saturated rings. The number of aliphatic carboxylic acids is 2. The van der Waals surface area contributed by atoms with E-state index in [4.69, 9.17) is 10.8 Å². The number of likely N-dealkylation sites (tertiary alicyclic amines) is 1. The predicted octanol–water partition coefficient (Wildman–Crippen LogP) is -3.07. The lowest BCUT2D eigenvalue weighted by atomic mass is 9.98. The number of benzene rings is 1. The van der Waals surface area contributed by atoms with Crippen molar-refractivity contribution >= 4 is 88.6 Å². The molecule has 12 amide bonds. The van der Waals surface area contributed by atoms with Crippen molar-refractivity contribution in [2.24, 2.45) is 17.6 Å². The molecule has 484 valence electrons. The van der Waals surface area contributed by atoms with Gasteiger partial charge >= 0.3 is 11.9 Å². The van der Waals surface area contributed by atoms with Gasteiger partial charge in [0.05, 0.1) is 25.5 Å². The third-order valence-corrected chi connectivity index (χ3v) is 14.1. The third-order valence-electron chi connectivity index (χ3n) is 14.1. The van der Waals surface area contributed by atoms with Gasteiger partial charge in [0.2, 0.25) is 70.8 Å². The average Bonchev–Trinajstić information content (AvgIpc) is 3.21. The summed E-state index contributed by atoms with van der Waals surface area (Å²) in [6.07, 6.45) is 1.45. The highest BCUT2D eigenvalue weighted by Gasteiger charge is 2.42. The molecule has 1 aromatic heterocycles. The van der Waals surface area contributed by atoms with E-state index in [-0.39, 0.29) is 51.5 Å². The SMILES string of the molecule is CCC[C@H](NC(=O)[C@@H]1CCCN1C(=O)[C@@H](NC(=O)[C@@H](NC(=O)[C@H](CCC(=O)O)NC(=O)[C@H](CCC(=O)O)NC(C)=O)C(C)C)C(C)C)C(=O)C(=O)NCC(=O)NCC(=O)N[C@@H](Cc1cnc[nH]1)C(=O)N[C@@H](Cc1ccc(C)cc1)C(=O)N[C@@H](CC)C(N)=O. The first-order chi connectivity index (χ1) is 41.5. The molecule has 2 heterocycles. The number of aryl methyl sites for hydroxylation is 1. The molecule has 0 saturated carbocycles. The minimum Gasteiger partial charge on any atom is -0.481 e. The van der Waals surface area contributed by atoms with Gasteiger partial charge in [0.25, 0.3) is 5.91 Å². The molecule has 0 radical (unpaired) electrons. The zero-order valence-corrected chi connectivity index (χ0v) is 50.7. The standard InChI is InChI=1S/C57H84N14O17/c1-9-12-36(48(79)56(87)61-26-42(73)60-27-43(74)64-40(24-34-25-59-28-62-34)53(84)68-39(23-33-16-14-31(7)15-17-33)52(83)65-35(10-2)49(58)80)66-54(85)41-13-11-22-71(41)57(88)47(30(5)6)70-55(86)46(29(3)4)69-51(82)38(19-21-45(77)78)67-50(81)37(63-32(8)72)18-20-44(75)76/h14-17,25,28-30,35-41,46-47H,9-13,18-24,26-27H2,1-8H3,(H2,58,80)(H,59,62)(H,60,73)(H,61,87)(H,63,72)(H,64,74)(H,65,83)(H,66,85)(H,67,81)(H,68,84)(H,69,82)(H,70,86)(H,75,76)(H,77,78)/t35-,36-,37-,38-,39-,40-,41-,46-,47-/m0/s1. The van der Waals surface area contributed by atoms with Gasteiger partial charge in [0, 0.05) is 51.0 Å². The van der Waals surface area contributed by atoms with Gasteiger partial charge in [-0.1, -0.05) is 77.8 Å². The van der Waals surface area contributed by atoms with E-state index in [1.165, 1.54) is 17.4 Å². The smallest absolute Gasteiger partial charge is 0.303 e. The quantitative estimate of drug-likeness (QED) is 0.0299. The number of nitrogens with zero attached hydrogens (tertiary/aromatic N) is 2. The molecule has 0 spiro atoms. The van der Waals surface area contributed by atoms with E-state index in [9.17, 15) is 77.0 Å². The number of carbonyl (C=O) groups is 15. The van der Waals surface area contributed by atoms with Crippen molar-refractivity contribution in [2.45, 2.75) is 180 Å². The number of hydrogen-bond donors (Lipinski definition) is 14. The first kappa shape index (κ1) is 72.9. The fourth-order valence-corrected chi connectivity index (χ4v) is 9.25. The summed E-state index contributed by atoms with van der Waals surface area (Å²) in [6.45, 7) is 11.1. The lowest BCUT2D eigenvalue weighted by Crippen LogP contribution is -2.61. The molecule has 3 rings (SSSR count). The maximum atomic E-state index is 14.3. The molecule has 1 aliphatic rings. The van der Waals surface area contributed by atoms with Gasteiger partial charge < -0.3 is 79.0 Å². The van der Waals surface area contributed by atoms with E-state index in [0.29, 0.717) is 17.7 Å². The molecule has 88 heavy (non-hydrogen) atoms. The Balaban J connectivity index is 1.67. The van der Waals surface area contributed by atoms with Crippen molar-refractivity contribution in [3.63, 3.8) is 0 Å². The molecule has 2 aromatic rings. The molecular formula is C57H84N14O17. The third kappa shape index (κ3) is 24.2. The first-order valence-electron chi connectivity index (χ1n) is 29.0. The Morgan fingerprint density at radius 3 is 1.69 bits per heavy atom. The van der Waals surface area contributed by atoms with Gasteiger partial charge in [-0.15, -0.1) is 0 Å².